The smallest absolute Gasteiger partial charge is 0.270 e. The summed E-state index contributed by atoms with van der Waals surface area (Å²) in [4.78, 5) is 25.4. The summed E-state index contributed by atoms with van der Waals surface area (Å²) < 4.78 is 5.84. The van der Waals surface area contributed by atoms with Crippen LogP contribution in [-0.2, 0) is 13.1 Å². The molecule has 0 aromatic heterocycles. The van der Waals surface area contributed by atoms with Crippen LogP contribution in [0.15, 0.2) is 72.5 Å². The number of ether oxygens (including phenoxy) is 1. The lowest BCUT2D eigenvalue weighted by Gasteiger charge is -2.19. The predicted octanol–water partition coefficient (Wildman–Crippen LogP) is 4.55. The van der Waals surface area contributed by atoms with Crippen molar-refractivity contribution in [1.29, 1.82) is 0 Å². The SMILES string of the molecule is CN(Cc1ccccc1)Cc1c(O)ccc2c1O/C(=C/c1cccc([N+](=O)[O-])c1)C2=O. The number of carbonyl (C=O) groups excluding carboxylic acids is 1. The first-order valence-electron chi connectivity index (χ1n) is 9.68. The van der Waals surface area contributed by atoms with Gasteiger partial charge in [0.25, 0.3) is 5.69 Å². The van der Waals surface area contributed by atoms with Crippen LogP contribution < -0.4 is 4.74 Å². The fourth-order valence-corrected chi connectivity index (χ4v) is 3.55. The summed E-state index contributed by atoms with van der Waals surface area (Å²) in [5.74, 6) is 0.103. The molecule has 3 aromatic rings. The minimum atomic E-state index is -0.493. The van der Waals surface area contributed by atoms with Gasteiger partial charge in [-0.15, -0.1) is 0 Å². The molecule has 0 radical (unpaired) electrons. The standard InChI is InChI=1S/C24H20N2O5/c1-25(14-16-6-3-2-4-7-16)15-20-21(27)11-10-19-23(28)22(31-24(19)20)13-17-8-5-9-18(12-17)26(29)30/h2-13,27H,14-15H2,1H3/b22-13+. The van der Waals surface area contributed by atoms with Crippen LogP contribution in [0.3, 0.4) is 0 Å². The first-order valence-corrected chi connectivity index (χ1v) is 9.68. The van der Waals surface area contributed by atoms with E-state index in [1.807, 2.05) is 42.3 Å². The van der Waals surface area contributed by atoms with E-state index in [0.717, 1.165) is 5.56 Å². The van der Waals surface area contributed by atoms with Gasteiger partial charge in [0.15, 0.2) is 5.76 Å². The maximum Gasteiger partial charge on any atom is 0.270 e. The Bertz CT molecular complexity index is 1190. The number of allylic oxidation sites excluding steroid dienone is 1. The van der Waals surface area contributed by atoms with Gasteiger partial charge in [0.2, 0.25) is 5.78 Å². The Labute approximate surface area is 179 Å². The summed E-state index contributed by atoms with van der Waals surface area (Å²) in [5, 5.41) is 21.4. The molecule has 0 aliphatic carbocycles. The van der Waals surface area contributed by atoms with Crippen molar-refractivity contribution in [3.63, 3.8) is 0 Å². The number of fused-ring (bicyclic) bond motifs is 1. The van der Waals surface area contributed by atoms with Gasteiger partial charge in [-0.2, -0.15) is 0 Å². The van der Waals surface area contributed by atoms with Crippen molar-refractivity contribution in [2.24, 2.45) is 0 Å². The molecule has 0 unspecified atom stereocenters. The van der Waals surface area contributed by atoms with Gasteiger partial charge in [0.1, 0.15) is 11.5 Å². The lowest BCUT2D eigenvalue weighted by atomic mass is 10.0. The molecule has 4 rings (SSSR count). The molecule has 0 saturated carbocycles. The number of non-ortho nitro benzene ring substituents is 1. The van der Waals surface area contributed by atoms with Crippen LogP contribution in [0.1, 0.15) is 27.0 Å². The van der Waals surface area contributed by atoms with Crippen LogP contribution in [0.5, 0.6) is 11.5 Å². The second-order valence-electron chi connectivity index (χ2n) is 7.39. The lowest BCUT2D eigenvalue weighted by molar-refractivity contribution is -0.384. The van der Waals surface area contributed by atoms with Crippen molar-refractivity contribution >= 4 is 17.5 Å². The Kier molecular flexibility index (Phi) is 5.51. The van der Waals surface area contributed by atoms with E-state index in [2.05, 4.69) is 0 Å². The average Bonchev–Trinajstić information content (AvgIpc) is 3.06. The number of phenolic OH excluding ortho intramolecular Hbond substituents is 1. The van der Waals surface area contributed by atoms with Gasteiger partial charge in [0.05, 0.1) is 16.1 Å². The fraction of sp³-hybridized carbons (Fsp3) is 0.125. The summed E-state index contributed by atoms with van der Waals surface area (Å²) in [6.07, 6.45) is 1.48. The Balaban J connectivity index is 1.61. The Morgan fingerprint density at radius 1 is 1.06 bits per heavy atom. The molecule has 0 saturated heterocycles. The highest BCUT2D eigenvalue weighted by Gasteiger charge is 2.31. The third-order valence-electron chi connectivity index (χ3n) is 5.02. The van der Waals surface area contributed by atoms with Gasteiger partial charge in [-0.05, 0) is 36.4 Å². The highest BCUT2D eigenvalue weighted by atomic mass is 16.6. The van der Waals surface area contributed by atoms with Crippen LogP contribution >= 0.6 is 0 Å². The van der Waals surface area contributed by atoms with E-state index >= 15 is 0 Å². The normalized spacial score (nSPS) is 14.0. The molecule has 1 aliphatic heterocycles. The molecular weight excluding hydrogens is 396 g/mol. The molecule has 0 bridgehead atoms. The van der Waals surface area contributed by atoms with Gasteiger partial charge in [-0.25, -0.2) is 0 Å². The number of hydrogen-bond donors (Lipinski definition) is 1. The van der Waals surface area contributed by atoms with Crippen LogP contribution in [0.25, 0.3) is 6.08 Å². The molecule has 7 heteroatoms. The van der Waals surface area contributed by atoms with Gasteiger partial charge in [-0.3, -0.25) is 19.8 Å². The van der Waals surface area contributed by atoms with Gasteiger partial charge >= 0.3 is 0 Å². The zero-order valence-electron chi connectivity index (χ0n) is 16.8. The number of ketones is 1. The number of nitrogens with zero attached hydrogens (tertiary/aromatic N) is 2. The Morgan fingerprint density at radius 3 is 2.58 bits per heavy atom. The monoisotopic (exact) mass is 416 g/mol. The summed E-state index contributed by atoms with van der Waals surface area (Å²) in [6.45, 7) is 1.04. The molecule has 1 aliphatic rings. The number of carbonyl (C=O) groups is 1. The lowest BCUT2D eigenvalue weighted by Crippen LogP contribution is -2.17. The van der Waals surface area contributed by atoms with Crippen LogP contribution in [0, 0.1) is 10.1 Å². The zero-order valence-corrected chi connectivity index (χ0v) is 16.8. The van der Waals surface area contributed by atoms with Crippen LogP contribution in [-0.4, -0.2) is 27.8 Å². The van der Waals surface area contributed by atoms with Gasteiger partial charge < -0.3 is 9.84 Å². The number of Topliss-reactive ketones (excluding diaryl/α,β-unsaturated/α-hetero) is 1. The molecule has 3 aromatic carbocycles. The predicted molar refractivity (Wildman–Crippen MR) is 116 cm³/mol. The third-order valence-corrected chi connectivity index (χ3v) is 5.02. The van der Waals surface area contributed by atoms with Crippen molar-refractivity contribution in [2.45, 2.75) is 13.1 Å². The van der Waals surface area contributed by atoms with E-state index < -0.39 is 4.92 Å². The molecule has 1 N–H and O–H groups in total. The second kappa shape index (κ2) is 8.41. The van der Waals surface area contributed by atoms with Crippen molar-refractivity contribution in [3.05, 3.63) is 105 Å². The maximum absolute atomic E-state index is 12.8. The van der Waals surface area contributed by atoms with E-state index in [9.17, 15) is 20.0 Å². The number of nitro groups is 1. The molecule has 0 amide bonds. The first-order chi connectivity index (χ1) is 14.9. The van der Waals surface area contributed by atoms with Gasteiger partial charge in [0, 0.05) is 25.2 Å². The molecule has 0 fully saturated rings. The number of benzene rings is 3. The average molecular weight is 416 g/mol. The van der Waals surface area contributed by atoms with Crippen LogP contribution in [0.4, 0.5) is 5.69 Å². The third kappa shape index (κ3) is 4.31. The second-order valence-corrected chi connectivity index (χ2v) is 7.39. The van der Waals surface area contributed by atoms with E-state index in [4.69, 9.17) is 4.74 Å². The maximum atomic E-state index is 12.8. The number of rotatable bonds is 6. The first kappa shape index (κ1) is 20.3. The van der Waals surface area contributed by atoms with Crippen molar-refractivity contribution in [3.8, 4) is 11.5 Å². The Hall–Kier alpha value is -3.97. The van der Waals surface area contributed by atoms with E-state index in [0.29, 0.717) is 35.5 Å². The quantitative estimate of drug-likeness (QED) is 0.360. The fourth-order valence-electron chi connectivity index (χ4n) is 3.55. The topological polar surface area (TPSA) is 92.9 Å². The molecule has 31 heavy (non-hydrogen) atoms. The number of phenols is 1. The van der Waals surface area contributed by atoms with E-state index in [1.165, 1.54) is 30.3 Å². The minimum absolute atomic E-state index is 0.0445. The summed E-state index contributed by atoms with van der Waals surface area (Å²) >= 11 is 0. The molecule has 0 spiro atoms. The Morgan fingerprint density at radius 2 is 1.84 bits per heavy atom. The van der Waals surface area contributed by atoms with Crippen molar-refractivity contribution < 1.29 is 19.6 Å². The largest absolute Gasteiger partial charge is 0.507 e. The highest BCUT2D eigenvalue weighted by Crippen LogP contribution is 2.40. The van der Waals surface area contributed by atoms with Crippen molar-refractivity contribution in [2.75, 3.05) is 7.05 Å². The van der Waals surface area contributed by atoms with E-state index in [-0.39, 0.29) is 23.0 Å². The van der Waals surface area contributed by atoms with Crippen molar-refractivity contribution in [1.82, 2.24) is 4.90 Å². The molecule has 0 atom stereocenters. The van der Waals surface area contributed by atoms with E-state index in [1.54, 1.807) is 12.1 Å². The highest BCUT2D eigenvalue weighted by molar-refractivity contribution is 6.15. The van der Waals surface area contributed by atoms with Crippen LogP contribution in [0.2, 0.25) is 0 Å². The minimum Gasteiger partial charge on any atom is -0.507 e. The molecule has 1 heterocycles. The molecular formula is C24H20N2O5. The zero-order chi connectivity index (χ0) is 22.0. The summed E-state index contributed by atoms with van der Waals surface area (Å²) in [6, 6.07) is 18.9. The summed E-state index contributed by atoms with van der Waals surface area (Å²) in [7, 11) is 1.92. The number of nitro benzene ring substituents is 1. The molecule has 156 valence electrons. The van der Waals surface area contributed by atoms with Gasteiger partial charge in [-0.1, -0.05) is 42.5 Å². The summed E-state index contributed by atoms with van der Waals surface area (Å²) in [5.41, 5.74) is 2.42. The number of hydrogen-bond acceptors (Lipinski definition) is 6. The number of aromatic hydroxyl groups is 1. The molecule has 7 nitrogen and oxygen atoms in total.